The minimum atomic E-state index is -3.57. The van der Waals surface area contributed by atoms with Crippen molar-refractivity contribution in [3.63, 3.8) is 0 Å². The third kappa shape index (κ3) is 4.85. The maximum Gasteiger partial charge on any atom is 0.241 e. The highest BCUT2D eigenvalue weighted by atomic mass is 32.2. The average Bonchev–Trinajstić information content (AvgIpc) is 2.50. The Hall–Kier alpha value is -2.29. The fourth-order valence-electron chi connectivity index (χ4n) is 2.78. The number of benzene rings is 2. The minimum absolute atomic E-state index is 0.0739. The lowest BCUT2D eigenvalue weighted by Crippen LogP contribution is -2.25. The largest absolute Gasteiger partial charge is 0.378 e. The van der Waals surface area contributed by atoms with E-state index < -0.39 is 10.0 Å². The monoisotopic (exact) mass is 356 g/mol. The summed E-state index contributed by atoms with van der Waals surface area (Å²) >= 11 is 0. The molecule has 0 aliphatic rings. The molecule has 4 nitrogen and oxygen atoms in total. The zero-order chi connectivity index (χ0) is 18.6. The summed E-state index contributed by atoms with van der Waals surface area (Å²) in [6, 6.07) is 11.6. The standard InChI is InChI=1S/C20H24N2O2S/c1-15-13-16(2)20(17(3)14-15)25(23,24)21-12-6-7-18-8-10-19(11-9-18)22(4)5/h8-11,13-14,21H,12H2,1-5H3. The van der Waals surface area contributed by atoms with Gasteiger partial charge in [0, 0.05) is 25.3 Å². The van der Waals surface area contributed by atoms with Crippen LogP contribution < -0.4 is 9.62 Å². The van der Waals surface area contributed by atoms with Gasteiger partial charge in [-0.25, -0.2) is 8.42 Å². The van der Waals surface area contributed by atoms with Gasteiger partial charge in [-0.05, 0) is 56.2 Å². The molecule has 25 heavy (non-hydrogen) atoms. The summed E-state index contributed by atoms with van der Waals surface area (Å²) in [5.41, 5.74) is 4.49. The van der Waals surface area contributed by atoms with Gasteiger partial charge in [-0.1, -0.05) is 29.5 Å². The Bertz CT molecular complexity index is 895. The number of hydrogen-bond acceptors (Lipinski definition) is 3. The Morgan fingerprint density at radius 2 is 1.56 bits per heavy atom. The number of rotatable bonds is 4. The Morgan fingerprint density at radius 1 is 1.00 bits per heavy atom. The minimum Gasteiger partial charge on any atom is -0.378 e. The summed E-state index contributed by atoms with van der Waals surface area (Å²) in [6.45, 7) is 5.65. The molecule has 0 atom stereocenters. The molecule has 5 heteroatoms. The third-order valence-electron chi connectivity index (χ3n) is 3.84. The fourth-order valence-corrected chi connectivity index (χ4v) is 4.16. The molecule has 0 heterocycles. The van der Waals surface area contributed by atoms with Gasteiger partial charge < -0.3 is 4.90 Å². The number of aryl methyl sites for hydroxylation is 3. The molecule has 0 radical (unpaired) electrons. The van der Waals surface area contributed by atoms with Gasteiger partial charge in [0.15, 0.2) is 0 Å². The van der Waals surface area contributed by atoms with E-state index in [-0.39, 0.29) is 6.54 Å². The van der Waals surface area contributed by atoms with E-state index in [9.17, 15) is 8.42 Å². The maximum absolute atomic E-state index is 12.5. The first kappa shape index (κ1) is 19.0. The molecule has 0 bridgehead atoms. The van der Waals surface area contributed by atoms with Crippen LogP contribution in [0.3, 0.4) is 0 Å². The predicted molar refractivity (Wildman–Crippen MR) is 103 cm³/mol. The van der Waals surface area contributed by atoms with Crippen LogP contribution in [0.15, 0.2) is 41.3 Å². The molecule has 0 unspecified atom stereocenters. The van der Waals surface area contributed by atoms with Crippen LogP contribution in [0.25, 0.3) is 0 Å². The first-order valence-electron chi connectivity index (χ1n) is 8.04. The van der Waals surface area contributed by atoms with E-state index >= 15 is 0 Å². The topological polar surface area (TPSA) is 49.4 Å². The lowest BCUT2D eigenvalue weighted by Gasteiger charge is -2.12. The highest BCUT2D eigenvalue weighted by Crippen LogP contribution is 2.21. The van der Waals surface area contributed by atoms with Crippen molar-refractivity contribution in [3.05, 3.63) is 58.7 Å². The van der Waals surface area contributed by atoms with Crippen molar-refractivity contribution in [1.82, 2.24) is 4.72 Å². The Balaban J connectivity index is 2.09. The molecule has 0 saturated carbocycles. The van der Waals surface area contributed by atoms with Crippen LogP contribution >= 0.6 is 0 Å². The average molecular weight is 356 g/mol. The second kappa shape index (κ2) is 7.73. The molecular formula is C20H24N2O2S. The molecule has 2 aromatic rings. The highest BCUT2D eigenvalue weighted by molar-refractivity contribution is 7.89. The van der Waals surface area contributed by atoms with Crippen molar-refractivity contribution in [2.45, 2.75) is 25.7 Å². The number of nitrogens with one attached hydrogen (secondary N) is 1. The maximum atomic E-state index is 12.5. The molecule has 2 aromatic carbocycles. The summed E-state index contributed by atoms with van der Waals surface area (Å²) < 4.78 is 27.6. The zero-order valence-electron chi connectivity index (χ0n) is 15.3. The van der Waals surface area contributed by atoms with Gasteiger partial charge in [-0.3, -0.25) is 0 Å². The number of sulfonamides is 1. The van der Waals surface area contributed by atoms with Gasteiger partial charge in [0.1, 0.15) is 0 Å². The van der Waals surface area contributed by atoms with Crippen molar-refractivity contribution < 1.29 is 8.42 Å². The van der Waals surface area contributed by atoms with Crippen molar-refractivity contribution >= 4 is 15.7 Å². The molecule has 132 valence electrons. The zero-order valence-corrected chi connectivity index (χ0v) is 16.2. The van der Waals surface area contributed by atoms with E-state index in [1.807, 2.05) is 76.2 Å². The second-order valence-electron chi connectivity index (χ2n) is 6.30. The molecule has 0 aliphatic heterocycles. The Morgan fingerprint density at radius 3 is 2.08 bits per heavy atom. The van der Waals surface area contributed by atoms with Gasteiger partial charge >= 0.3 is 0 Å². The van der Waals surface area contributed by atoms with Crippen LogP contribution in [0, 0.1) is 32.6 Å². The highest BCUT2D eigenvalue weighted by Gasteiger charge is 2.18. The molecule has 0 spiro atoms. The van der Waals surface area contributed by atoms with Gasteiger partial charge in [0.05, 0.1) is 11.4 Å². The van der Waals surface area contributed by atoms with E-state index in [0.717, 1.165) is 27.9 Å². The lowest BCUT2D eigenvalue weighted by molar-refractivity contribution is 0.585. The van der Waals surface area contributed by atoms with Crippen LogP contribution in [0.4, 0.5) is 5.69 Å². The normalized spacial score (nSPS) is 10.9. The van der Waals surface area contributed by atoms with E-state index in [1.165, 1.54) is 0 Å². The number of nitrogens with zero attached hydrogens (tertiary/aromatic N) is 1. The molecule has 0 fully saturated rings. The smallest absolute Gasteiger partial charge is 0.241 e. The van der Waals surface area contributed by atoms with Gasteiger partial charge in [-0.15, -0.1) is 0 Å². The molecular weight excluding hydrogens is 332 g/mol. The molecule has 0 amide bonds. The molecule has 0 saturated heterocycles. The summed E-state index contributed by atoms with van der Waals surface area (Å²) in [5, 5.41) is 0. The Labute approximate surface area is 150 Å². The van der Waals surface area contributed by atoms with E-state index in [1.54, 1.807) is 0 Å². The Kier molecular flexibility index (Phi) is 5.89. The second-order valence-corrected chi connectivity index (χ2v) is 8.00. The van der Waals surface area contributed by atoms with Crippen LogP contribution in [-0.4, -0.2) is 29.1 Å². The first-order chi connectivity index (χ1) is 11.7. The number of anilines is 1. The summed E-state index contributed by atoms with van der Waals surface area (Å²) in [5.74, 6) is 5.85. The lowest BCUT2D eigenvalue weighted by atomic mass is 10.1. The predicted octanol–water partition coefficient (Wildman–Crippen LogP) is 3.01. The van der Waals surface area contributed by atoms with Crippen LogP contribution in [0.5, 0.6) is 0 Å². The van der Waals surface area contributed by atoms with Crippen molar-refractivity contribution in [2.24, 2.45) is 0 Å². The van der Waals surface area contributed by atoms with Crippen LogP contribution in [0.1, 0.15) is 22.3 Å². The van der Waals surface area contributed by atoms with Gasteiger partial charge in [0.2, 0.25) is 10.0 Å². The molecule has 0 aliphatic carbocycles. The van der Waals surface area contributed by atoms with Crippen molar-refractivity contribution in [2.75, 3.05) is 25.5 Å². The molecule has 0 aromatic heterocycles. The van der Waals surface area contributed by atoms with Gasteiger partial charge in [-0.2, -0.15) is 4.72 Å². The first-order valence-corrected chi connectivity index (χ1v) is 9.53. The summed E-state index contributed by atoms with van der Waals surface area (Å²) in [6.07, 6.45) is 0. The van der Waals surface area contributed by atoms with Crippen LogP contribution in [-0.2, 0) is 10.0 Å². The van der Waals surface area contributed by atoms with Crippen molar-refractivity contribution in [3.8, 4) is 11.8 Å². The van der Waals surface area contributed by atoms with Crippen molar-refractivity contribution in [1.29, 1.82) is 0 Å². The number of hydrogen-bond donors (Lipinski definition) is 1. The summed E-state index contributed by atoms with van der Waals surface area (Å²) in [4.78, 5) is 2.35. The van der Waals surface area contributed by atoms with E-state index in [4.69, 9.17) is 0 Å². The fraction of sp³-hybridized carbons (Fsp3) is 0.300. The SMILES string of the molecule is Cc1cc(C)c(S(=O)(=O)NCC#Cc2ccc(N(C)C)cc2)c(C)c1. The quantitative estimate of drug-likeness (QED) is 0.857. The molecule has 2 rings (SSSR count). The van der Waals surface area contributed by atoms with E-state index in [2.05, 4.69) is 16.6 Å². The van der Waals surface area contributed by atoms with Crippen LogP contribution in [0.2, 0.25) is 0 Å². The summed E-state index contributed by atoms with van der Waals surface area (Å²) in [7, 11) is 0.383. The van der Waals surface area contributed by atoms with E-state index in [0.29, 0.717) is 4.90 Å². The molecule has 1 N–H and O–H groups in total. The van der Waals surface area contributed by atoms with Gasteiger partial charge in [0.25, 0.3) is 0 Å². The third-order valence-corrected chi connectivity index (χ3v) is 5.55.